The average Bonchev–Trinajstić information content (AvgIpc) is 3.05. The van der Waals surface area contributed by atoms with Crippen LogP contribution in [0.4, 0.5) is 25.4 Å². The summed E-state index contributed by atoms with van der Waals surface area (Å²) < 4.78 is 21.0. The monoisotopic (exact) mass is 400 g/mol. The quantitative estimate of drug-likeness (QED) is 0.697. The molecular formula is C19H21FN6O3. The lowest BCUT2D eigenvalue weighted by molar-refractivity contribution is 0.130. The van der Waals surface area contributed by atoms with E-state index in [4.69, 9.17) is 4.74 Å². The van der Waals surface area contributed by atoms with Gasteiger partial charge in [0.05, 0.1) is 23.7 Å². The Morgan fingerprint density at radius 1 is 1.17 bits per heavy atom. The first kappa shape index (κ1) is 20.1. The first-order valence-electron chi connectivity index (χ1n) is 8.83. The number of carbonyl (C=O) groups is 2. The highest BCUT2D eigenvalue weighted by Gasteiger charge is 2.14. The van der Waals surface area contributed by atoms with Crippen LogP contribution in [0.25, 0.3) is 17.0 Å². The van der Waals surface area contributed by atoms with Crippen molar-refractivity contribution in [3.63, 3.8) is 0 Å². The van der Waals surface area contributed by atoms with Crippen molar-refractivity contribution in [1.29, 1.82) is 0 Å². The van der Waals surface area contributed by atoms with Crippen LogP contribution in [0.3, 0.4) is 0 Å². The fraction of sp³-hybridized carbons (Fsp3) is 0.263. The Morgan fingerprint density at radius 3 is 2.62 bits per heavy atom. The number of benzene rings is 1. The highest BCUT2D eigenvalue weighted by molar-refractivity contribution is 5.89. The number of imidazole rings is 1. The molecule has 3 rings (SSSR count). The summed E-state index contributed by atoms with van der Waals surface area (Å²) in [4.78, 5) is 33.4. The van der Waals surface area contributed by atoms with Crippen molar-refractivity contribution in [2.75, 3.05) is 24.7 Å². The zero-order chi connectivity index (χ0) is 21.1. The Labute approximate surface area is 166 Å². The van der Waals surface area contributed by atoms with E-state index < -0.39 is 11.9 Å². The average molecular weight is 400 g/mol. The Hall–Kier alpha value is -3.69. The third-order valence-corrected chi connectivity index (χ3v) is 3.80. The van der Waals surface area contributed by atoms with Crippen LogP contribution in [0.15, 0.2) is 36.8 Å². The molecule has 0 saturated carbocycles. The number of urea groups is 1. The van der Waals surface area contributed by atoms with Gasteiger partial charge in [-0.2, -0.15) is 0 Å². The van der Waals surface area contributed by atoms with E-state index in [9.17, 15) is 14.0 Å². The molecule has 0 atom stereocenters. The number of halogens is 1. The Bertz CT molecular complexity index is 1060. The van der Waals surface area contributed by atoms with Gasteiger partial charge in [0.15, 0.2) is 0 Å². The zero-order valence-electron chi connectivity index (χ0n) is 16.4. The number of fused-ring (bicyclic) bond motifs is 1. The number of anilines is 2. The van der Waals surface area contributed by atoms with Gasteiger partial charge in [0.25, 0.3) is 0 Å². The van der Waals surface area contributed by atoms with E-state index in [1.54, 1.807) is 44.7 Å². The predicted octanol–water partition coefficient (Wildman–Crippen LogP) is 3.59. The Kier molecular flexibility index (Phi) is 5.62. The number of amides is 3. The van der Waals surface area contributed by atoms with Gasteiger partial charge < -0.3 is 15.0 Å². The van der Waals surface area contributed by atoms with Crippen molar-refractivity contribution in [2.24, 2.45) is 0 Å². The molecule has 2 heterocycles. The minimum absolute atomic E-state index is 0.209. The van der Waals surface area contributed by atoms with Gasteiger partial charge >= 0.3 is 12.1 Å². The van der Waals surface area contributed by atoms with Crippen molar-refractivity contribution >= 4 is 29.3 Å². The first-order chi connectivity index (χ1) is 13.7. The third-order valence-electron chi connectivity index (χ3n) is 3.80. The second kappa shape index (κ2) is 8.13. The smallest absolute Gasteiger partial charge is 0.411 e. The minimum atomic E-state index is -0.600. The van der Waals surface area contributed by atoms with E-state index in [1.165, 1.54) is 29.3 Å². The highest BCUT2D eigenvalue weighted by Crippen LogP contribution is 2.26. The molecule has 0 aliphatic rings. The van der Waals surface area contributed by atoms with Crippen molar-refractivity contribution in [1.82, 2.24) is 19.3 Å². The van der Waals surface area contributed by atoms with E-state index in [2.05, 4.69) is 20.6 Å². The number of rotatable bonds is 4. The van der Waals surface area contributed by atoms with Gasteiger partial charge in [-0.3, -0.25) is 9.72 Å². The van der Waals surface area contributed by atoms with Gasteiger partial charge in [-0.1, -0.05) is 0 Å². The van der Waals surface area contributed by atoms with Crippen molar-refractivity contribution in [3.8, 4) is 11.3 Å². The number of nitrogens with one attached hydrogen (secondary N) is 2. The summed E-state index contributed by atoms with van der Waals surface area (Å²) in [5.41, 5.74) is 1.38. The molecule has 0 bridgehead atoms. The molecular weight excluding hydrogens is 379 g/mol. The molecule has 2 aromatic heterocycles. The number of ether oxygens (including phenoxy) is 1. The van der Waals surface area contributed by atoms with Crippen molar-refractivity contribution in [3.05, 3.63) is 42.6 Å². The fourth-order valence-corrected chi connectivity index (χ4v) is 2.48. The lowest BCUT2D eigenvalue weighted by Crippen LogP contribution is -2.27. The molecule has 10 heteroatoms. The summed E-state index contributed by atoms with van der Waals surface area (Å²) in [6.45, 7) is 3.49. The largest absolute Gasteiger partial charge is 0.447 e. The zero-order valence-corrected chi connectivity index (χ0v) is 16.4. The van der Waals surface area contributed by atoms with Gasteiger partial charge in [0.2, 0.25) is 5.78 Å². The van der Waals surface area contributed by atoms with E-state index in [1.807, 2.05) is 0 Å². The molecule has 29 heavy (non-hydrogen) atoms. The normalized spacial score (nSPS) is 10.8. The van der Waals surface area contributed by atoms with Gasteiger partial charge in [-0.25, -0.2) is 23.9 Å². The molecule has 9 nitrogen and oxygen atoms in total. The highest BCUT2D eigenvalue weighted by atomic mass is 19.1. The molecule has 0 unspecified atom stereocenters. The minimum Gasteiger partial charge on any atom is -0.447 e. The molecule has 1 aromatic carbocycles. The van der Waals surface area contributed by atoms with Crippen LogP contribution in [0, 0.1) is 5.82 Å². The SMILES string of the molecule is CC(C)OC(=O)Nc1cnc2nc(-c3cc(NC(=O)N(C)C)ccc3F)cn2c1. The maximum Gasteiger partial charge on any atom is 0.411 e. The van der Waals surface area contributed by atoms with Crippen LogP contribution in [0.2, 0.25) is 0 Å². The van der Waals surface area contributed by atoms with E-state index in [0.29, 0.717) is 22.8 Å². The van der Waals surface area contributed by atoms with Crippen LogP contribution >= 0.6 is 0 Å². The van der Waals surface area contributed by atoms with Crippen LogP contribution in [0.1, 0.15) is 13.8 Å². The predicted molar refractivity (Wildman–Crippen MR) is 106 cm³/mol. The van der Waals surface area contributed by atoms with Crippen molar-refractivity contribution in [2.45, 2.75) is 20.0 Å². The Morgan fingerprint density at radius 2 is 1.93 bits per heavy atom. The molecule has 2 N–H and O–H groups in total. The molecule has 3 aromatic rings. The number of aromatic nitrogens is 3. The molecule has 0 spiro atoms. The molecule has 0 aliphatic carbocycles. The molecule has 0 fully saturated rings. The molecule has 0 radical (unpaired) electrons. The second-order valence-corrected chi connectivity index (χ2v) is 6.77. The maximum atomic E-state index is 14.4. The van der Waals surface area contributed by atoms with Crippen LogP contribution < -0.4 is 10.6 Å². The molecule has 3 amide bonds. The van der Waals surface area contributed by atoms with E-state index in [-0.39, 0.29) is 17.7 Å². The number of hydrogen-bond donors (Lipinski definition) is 2. The molecule has 152 valence electrons. The van der Waals surface area contributed by atoms with Crippen molar-refractivity contribution < 1.29 is 18.7 Å². The van der Waals surface area contributed by atoms with Crippen LogP contribution in [-0.4, -0.2) is 51.6 Å². The third kappa shape index (κ3) is 4.78. The second-order valence-electron chi connectivity index (χ2n) is 6.77. The standard InChI is InChI=1S/C19H21FN6O3/c1-11(2)29-19(28)23-13-8-21-17-24-16(10-26(17)9-13)14-7-12(5-6-15(14)20)22-18(27)25(3)4/h5-11H,1-4H3,(H,22,27)(H,23,28). The van der Waals surface area contributed by atoms with Gasteiger partial charge in [0, 0.05) is 37.7 Å². The lowest BCUT2D eigenvalue weighted by atomic mass is 10.1. The first-order valence-corrected chi connectivity index (χ1v) is 8.83. The summed E-state index contributed by atoms with van der Waals surface area (Å²) in [5.74, 6) is -0.167. The van der Waals surface area contributed by atoms with E-state index >= 15 is 0 Å². The summed E-state index contributed by atoms with van der Waals surface area (Å²) in [6, 6.07) is 3.89. The van der Waals surface area contributed by atoms with Gasteiger partial charge in [0.1, 0.15) is 5.82 Å². The van der Waals surface area contributed by atoms with Crippen LogP contribution in [0.5, 0.6) is 0 Å². The van der Waals surface area contributed by atoms with E-state index in [0.717, 1.165) is 0 Å². The van der Waals surface area contributed by atoms with Gasteiger partial charge in [-0.05, 0) is 32.0 Å². The lowest BCUT2D eigenvalue weighted by Gasteiger charge is -2.12. The fourth-order valence-electron chi connectivity index (χ4n) is 2.48. The Balaban J connectivity index is 1.88. The maximum absolute atomic E-state index is 14.4. The van der Waals surface area contributed by atoms with Gasteiger partial charge in [-0.15, -0.1) is 0 Å². The number of hydrogen-bond acceptors (Lipinski definition) is 5. The van der Waals surface area contributed by atoms with Crippen LogP contribution in [-0.2, 0) is 4.74 Å². The number of nitrogens with zero attached hydrogens (tertiary/aromatic N) is 4. The number of carbonyl (C=O) groups excluding carboxylic acids is 2. The summed E-state index contributed by atoms with van der Waals surface area (Å²) in [6.07, 6.45) is 3.75. The summed E-state index contributed by atoms with van der Waals surface area (Å²) >= 11 is 0. The summed E-state index contributed by atoms with van der Waals surface area (Å²) in [7, 11) is 3.21. The topological polar surface area (TPSA) is 101 Å². The summed E-state index contributed by atoms with van der Waals surface area (Å²) in [5, 5.41) is 5.24. The molecule has 0 aliphatic heterocycles. The molecule has 0 saturated heterocycles.